The van der Waals surface area contributed by atoms with Crippen LogP contribution in [0.5, 0.6) is 5.75 Å². The minimum absolute atomic E-state index is 0.0384. The molecule has 0 aliphatic heterocycles. The molecule has 3 aromatic rings. The third-order valence-electron chi connectivity index (χ3n) is 4.19. The predicted molar refractivity (Wildman–Crippen MR) is 103 cm³/mol. The molecule has 0 unspecified atom stereocenters. The van der Waals surface area contributed by atoms with Gasteiger partial charge in [-0.1, -0.05) is 0 Å². The number of ether oxygens (including phenoxy) is 1. The number of nitrogens with one attached hydrogen (secondary N) is 1. The molecule has 10 heteroatoms. The van der Waals surface area contributed by atoms with Crippen molar-refractivity contribution in [3.8, 4) is 5.75 Å². The second kappa shape index (κ2) is 7.35. The highest BCUT2D eigenvalue weighted by atomic mass is 16.6. The number of nitro groups is 2. The number of methoxy groups -OCH3 is 1. The highest BCUT2D eigenvalue weighted by Gasteiger charge is 2.19. The van der Waals surface area contributed by atoms with E-state index in [-0.39, 0.29) is 11.4 Å². The Hall–Kier alpha value is -3.95. The van der Waals surface area contributed by atoms with E-state index in [4.69, 9.17) is 9.15 Å². The van der Waals surface area contributed by atoms with Crippen LogP contribution < -0.4 is 10.2 Å². The molecule has 0 spiro atoms. The van der Waals surface area contributed by atoms with E-state index in [1.807, 2.05) is 19.1 Å². The molecule has 3 rings (SSSR count). The highest BCUT2D eigenvalue weighted by molar-refractivity contribution is 6.09. The first-order valence-electron chi connectivity index (χ1n) is 8.11. The molecule has 0 radical (unpaired) electrons. The lowest BCUT2D eigenvalue weighted by atomic mass is 10.1. The number of furan rings is 1. The summed E-state index contributed by atoms with van der Waals surface area (Å²) < 4.78 is 10.9. The molecule has 2 aromatic carbocycles. The summed E-state index contributed by atoms with van der Waals surface area (Å²) in [4.78, 5) is 20.6. The Morgan fingerprint density at radius 2 is 1.93 bits per heavy atom. The number of non-ortho nitro benzene ring substituents is 1. The van der Waals surface area contributed by atoms with Gasteiger partial charge in [-0.2, -0.15) is 5.10 Å². The molecule has 0 atom stereocenters. The number of hydrazone groups is 1. The summed E-state index contributed by atoms with van der Waals surface area (Å²) in [5.41, 5.74) is 4.61. The van der Waals surface area contributed by atoms with Crippen LogP contribution in [0, 0.1) is 27.2 Å². The quantitative estimate of drug-likeness (QED) is 0.378. The fourth-order valence-electron chi connectivity index (χ4n) is 2.76. The van der Waals surface area contributed by atoms with Crippen LogP contribution in [0.15, 0.2) is 46.1 Å². The van der Waals surface area contributed by atoms with Crippen LogP contribution in [0.3, 0.4) is 0 Å². The van der Waals surface area contributed by atoms with E-state index in [9.17, 15) is 20.2 Å². The Kier molecular flexibility index (Phi) is 4.94. The number of hydrogen-bond acceptors (Lipinski definition) is 8. The summed E-state index contributed by atoms with van der Waals surface area (Å²) >= 11 is 0. The zero-order valence-electron chi connectivity index (χ0n) is 15.3. The van der Waals surface area contributed by atoms with Crippen LogP contribution in [0.1, 0.15) is 18.1 Å². The Balaban J connectivity index is 1.97. The SMILES string of the molecule is COc1cc(C)c2occ(C(C)=NNc3ccc([N+](=O)[O-])cc3[N+](=O)[O-])c2c1. The van der Waals surface area contributed by atoms with Crippen LogP contribution in [-0.4, -0.2) is 22.7 Å². The number of benzene rings is 2. The van der Waals surface area contributed by atoms with Gasteiger partial charge >= 0.3 is 5.69 Å². The van der Waals surface area contributed by atoms with Crippen molar-refractivity contribution in [1.82, 2.24) is 0 Å². The van der Waals surface area contributed by atoms with Crippen molar-refractivity contribution < 1.29 is 19.0 Å². The van der Waals surface area contributed by atoms with Gasteiger partial charge in [-0.05, 0) is 37.6 Å². The van der Waals surface area contributed by atoms with Gasteiger partial charge in [0.05, 0.1) is 28.7 Å². The Bertz CT molecular complexity index is 1120. The van der Waals surface area contributed by atoms with Crippen molar-refractivity contribution in [2.45, 2.75) is 13.8 Å². The molecule has 1 N–H and O–H groups in total. The molecule has 0 fully saturated rings. The van der Waals surface area contributed by atoms with Gasteiger partial charge in [0.15, 0.2) is 0 Å². The normalized spacial score (nSPS) is 11.5. The van der Waals surface area contributed by atoms with Crippen molar-refractivity contribution in [2.24, 2.45) is 5.10 Å². The average molecular weight is 384 g/mol. The van der Waals surface area contributed by atoms with Gasteiger partial charge in [0, 0.05) is 17.0 Å². The van der Waals surface area contributed by atoms with Crippen molar-refractivity contribution in [3.63, 3.8) is 0 Å². The average Bonchev–Trinajstić information content (AvgIpc) is 3.10. The summed E-state index contributed by atoms with van der Waals surface area (Å²) in [6, 6.07) is 6.96. The number of nitrogens with zero attached hydrogens (tertiary/aromatic N) is 3. The second-order valence-electron chi connectivity index (χ2n) is 6.00. The summed E-state index contributed by atoms with van der Waals surface area (Å²) in [7, 11) is 1.57. The predicted octanol–water partition coefficient (Wildman–Crippen LogP) is 4.40. The maximum atomic E-state index is 11.2. The number of anilines is 1. The minimum Gasteiger partial charge on any atom is -0.497 e. The number of aryl methyl sites for hydroxylation is 1. The van der Waals surface area contributed by atoms with E-state index in [1.165, 1.54) is 12.1 Å². The zero-order valence-corrected chi connectivity index (χ0v) is 15.3. The van der Waals surface area contributed by atoms with Crippen LogP contribution in [-0.2, 0) is 0 Å². The number of rotatable bonds is 6. The Morgan fingerprint density at radius 3 is 2.57 bits per heavy atom. The molecule has 0 aliphatic carbocycles. The molecule has 1 aromatic heterocycles. The number of hydrogen-bond donors (Lipinski definition) is 1. The summed E-state index contributed by atoms with van der Waals surface area (Å²) in [5.74, 6) is 0.666. The van der Waals surface area contributed by atoms with Gasteiger partial charge in [0.25, 0.3) is 5.69 Å². The third kappa shape index (κ3) is 3.47. The molecule has 0 saturated heterocycles. The second-order valence-corrected chi connectivity index (χ2v) is 6.00. The maximum absolute atomic E-state index is 11.2. The fraction of sp³-hybridized carbons (Fsp3) is 0.167. The molecule has 1 heterocycles. The first kappa shape index (κ1) is 18.8. The van der Waals surface area contributed by atoms with Crippen molar-refractivity contribution in [3.05, 3.63) is 68.0 Å². The van der Waals surface area contributed by atoms with Crippen LogP contribution in [0.25, 0.3) is 11.0 Å². The standard InChI is InChI=1S/C18H16N4O6/c1-10-6-13(27-3)8-14-15(9-28-18(10)14)11(2)19-20-16-5-4-12(21(23)24)7-17(16)22(25)26/h4-9,20H,1-3H3. The first-order valence-corrected chi connectivity index (χ1v) is 8.11. The molecule has 0 aliphatic rings. The molecule has 0 bridgehead atoms. The number of fused-ring (bicyclic) bond motifs is 1. The fourth-order valence-corrected chi connectivity index (χ4v) is 2.76. The van der Waals surface area contributed by atoms with Gasteiger partial charge in [-0.15, -0.1) is 0 Å². The Morgan fingerprint density at radius 1 is 1.18 bits per heavy atom. The van der Waals surface area contributed by atoms with E-state index in [2.05, 4.69) is 10.5 Å². The van der Waals surface area contributed by atoms with Crippen molar-refractivity contribution in [2.75, 3.05) is 12.5 Å². The van der Waals surface area contributed by atoms with Gasteiger partial charge < -0.3 is 9.15 Å². The van der Waals surface area contributed by atoms with Crippen molar-refractivity contribution >= 4 is 33.7 Å². The zero-order chi connectivity index (χ0) is 20.4. The van der Waals surface area contributed by atoms with E-state index < -0.39 is 15.5 Å². The monoisotopic (exact) mass is 384 g/mol. The largest absolute Gasteiger partial charge is 0.497 e. The van der Waals surface area contributed by atoms with Gasteiger partial charge in [-0.3, -0.25) is 25.7 Å². The first-order chi connectivity index (χ1) is 13.3. The molecule has 0 saturated carbocycles. The van der Waals surface area contributed by atoms with Crippen LogP contribution >= 0.6 is 0 Å². The summed E-state index contributed by atoms with van der Waals surface area (Å²) in [6.45, 7) is 3.60. The van der Waals surface area contributed by atoms with Crippen LogP contribution in [0.2, 0.25) is 0 Å². The molecule has 10 nitrogen and oxygen atoms in total. The van der Waals surface area contributed by atoms with E-state index in [0.717, 1.165) is 17.0 Å². The lowest BCUT2D eigenvalue weighted by Gasteiger charge is -2.05. The smallest absolute Gasteiger partial charge is 0.301 e. The minimum atomic E-state index is -0.707. The van der Waals surface area contributed by atoms with Gasteiger partial charge in [-0.25, -0.2) is 0 Å². The van der Waals surface area contributed by atoms with Crippen LogP contribution in [0.4, 0.5) is 17.1 Å². The molecule has 0 amide bonds. The highest BCUT2D eigenvalue weighted by Crippen LogP contribution is 2.31. The lowest BCUT2D eigenvalue weighted by Crippen LogP contribution is -2.02. The van der Waals surface area contributed by atoms with E-state index in [0.29, 0.717) is 22.6 Å². The molecule has 144 valence electrons. The molecule has 28 heavy (non-hydrogen) atoms. The Labute approximate surface area is 158 Å². The third-order valence-corrected chi connectivity index (χ3v) is 4.19. The lowest BCUT2D eigenvalue weighted by molar-refractivity contribution is -0.393. The maximum Gasteiger partial charge on any atom is 0.301 e. The van der Waals surface area contributed by atoms with Gasteiger partial charge in [0.1, 0.15) is 23.3 Å². The van der Waals surface area contributed by atoms with E-state index >= 15 is 0 Å². The topological polar surface area (TPSA) is 133 Å². The number of nitro benzene ring substituents is 2. The summed E-state index contributed by atoms with van der Waals surface area (Å²) in [6.07, 6.45) is 1.54. The van der Waals surface area contributed by atoms with E-state index in [1.54, 1.807) is 20.3 Å². The molecular formula is C18H16N4O6. The van der Waals surface area contributed by atoms with Crippen molar-refractivity contribution in [1.29, 1.82) is 0 Å². The van der Waals surface area contributed by atoms with Gasteiger partial charge in [0.2, 0.25) is 0 Å². The summed E-state index contributed by atoms with van der Waals surface area (Å²) in [5, 5.41) is 27.0. The molecular weight excluding hydrogens is 368 g/mol.